The smallest absolute Gasteiger partial charge is 0.243 e. The minimum Gasteiger partial charge on any atom is -0.508 e. The summed E-state index contributed by atoms with van der Waals surface area (Å²) in [5, 5.41) is 19.8. The quantitative estimate of drug-likeness (QED) is 0.203. The van der Waals surface area contributed by atoms with E-state index in [2.05, 4.69) is 21.3 Å². The van der Waals surface area contributed by atoms with E-state index in [0.717, 1.165) is 18.4 Å². The fourth-order valence-electron chi connectivity index (χ4n) is 3.34. The molecule has 2 rings (SSSR count). The van der Waals surface area contributed by atoms with E-state index in [1.807, 2.05) is 37.3 Å². The largest absolute Gasteiger partial charge is 0.508 e. The van der Waals surface area contributed by atoms with Gasteiger partial charge in [0.15, 0.2) is 0 Å². The van der Waals surface area contributed by atoms with E-state index >= 15 is 0 Å². The van der Waals surface area contributed by atoms with Gasteiger partial charge in [-0.15, -0.1) is 0 Å². The van der Waals surface area contributed by atoms with E-state index in [9.17, 15) is 24.3 Å². The number of hydrogen-bond acceptors (Lipinski definition) is 6. The molecule has 0 saturated carbocycles. The van der Waals surface area contributed by atoms with Crippen LogP contribution >= 0.6 is 0 Å². The molecule has 2 aromatic rings. The first-order chi connectivity index (χ1) is 17.3. The Labute approximate surface area is 211 Å². The van der Waals surface area contributed by atoms with Gasteiger partial charge in [0.1, 0.15) is 11.8 Å². The molecule has 0 aromatic heterocycles. The summed E-state index contributed by atoms with van der Waals surface area (Å²) in [6, 6.07) is 13.7. The van der Waals surface area contributed by atoms with Crippen molar-refractivity contribution in [2.75, 3.05) is 19.6 Å². The van der Waals surface area contributed by atoms with Crippen molar-refractivity contribution in [2.24, 2.45) is 5.73 Å². The summed E-state index contributed by atoms with van der Waals surface area (Å²) in [7, 11) is 0. The van der Waals surface area contributed by atoms with E-state index < -0.39 is 29.8 Å². The molecule has 0 spiro atoms. The van der Waals surface area contributed by atoms with Crippen LogP contribution in [-0.4, -0.2) is 60.5 Å². The minimum absolute atomic E-state index is 0.0714. The number of rotatable bonds is 14. The Morgan fingerprint density at radius 2 is 1.42 bits per heavy atom. The van der Waals surface area contributed by atoms with Gasteiger partial charge in [-0.3, -0.25) is 19.2 Å². The summed E-state index contributed by atoms with van der Waals surface area (Å²) in [4.78, 5) is 49.6. The maximum Gasteiger partial charge on any atom is 0.243 e. The van der Waals surface area contributed by atoms with E-state index in [1.54, 1.807) is 12.1 Å². The molecule has 0 fully saturated rings. The normalized spacial score (nSPS) is 12.2. The molecule has 10 nitrogen and oxygen atoms in total. The number of nitrogens with two attached hydrogens (primary N) is 1. The lowest BCUT2D eigenvalue weighted by molar-refractivity contribution is -0.131. The van der Waals surface area contributed by atoms with Gasteiger partial charge < -0.3 is 32.1 Å². The Morgan fingerprint density at radius 3 is 2.08 bits per heavy atom. The maximum atomic E-state index is 12.8. The van der Waals surface area contributed by atoms with Gasteiger partial charge in [0.2, 0.25) is 23.6 Å². The fourth-order valence-corrected chi connectivity index (χ4v) is 3.34. The highest BCUT2D eigenvalue weighted by atomic mass is 16.3. The molecule has 36 heavy (non-hydrogen) atoms. The molecular weight excluding hydrogens is 462 g/mol. The van der Waals surface area contributed by atoms with E-state index in [4.69, 9.17) is 5.73 Å². The summed E-state index contributed by atoms with van der Waals surface area (Å²) < 4.78 is 0. The molecule has 7 N–H and O–H groups in total. The predicted octanol–water partition coefficient (Wildman–Crippen LogP) is 0.138. The van der Waals surface area contributed by atoms with Crippen molar-refractivity contribution in [1.29, 1.82) is 0 Å². The van der Waals surface area contributed by atoms with Gasteiger partial charge >= 0.3 is 0 Å². The van der Waals surface area contributed by atoms with Crippen LogP contribution < -0.4 is 27.0 Å². The number of unbranched alkanes of at least 4 members (excludes halogenated alkanes) is 1. The number of phenols is 1. The second kappa shape index (κ2) is 15.2. The highest BCUT2D eigenvalue weighted by Crippen LogP contribution is 2.11. The Balaban J connectivity index is 1.91. The van der Waals surface area contributed by atoms with Crippen molar-refractivity contribution in [3.63, 3.8) is 0 Å². The van der Waals surface area contributed by atoms with Gasteiger partial charge in [0.05, 0.1) is 19.1 Å². The lowest BCUT2D eigenvalue weighted by Gasteiger charge is -2.19. The van der Waals surface area contributed by atoms with Crippen LogP contribution in [0.1, 0.15) is 30.9 Å². The molecule has 2 aromatic carbocycles. The average molecular weight is 498 g/mol. The average Bonchev–Trinajstić information content (AvgIpc) is 2.87. The molecule has 194 valence electrons. The fraction of sp³-hybridized carbons (Fsp3) is 0.385. The third-order valence-corrected chi connectivity index (χ3v) is 5.36. The van der Waals surface area contributed by atoms with Crippen LogP contribution in [0.4, 0.5) is 0 Å². The highest BCUT2D eigenvalue weighted by molar-refractivity contribution is 5.92. The van der Waals surface area contributed by atoms with Crippen molar-refractivity contribution in [3.8, 4) is 5.75 Å². The van der Waals surface area contributed by atoms with Crippen LogP contribution in [0.2, 0.25) is 0 Å². The second-order valence-corrected chi connectivity index (χ2v) is 8.43. The molecule has 0 saturated heterocycles. The molecule has 0 aliphatic rings. The number of nitrogens with one attached hydrogen (secondary N) is 4. The zero-order chi connectivity index (χ0) is 26.3. The standard InChI is InChI=1S/C26H35N5O5/c1-2-3-13-28-23(33)16-30-26(36)22(15-19-9-11-20(32)12-10-19)31-24(34)17-29-25(35)21(27)14-18-7-5-4-6-8-18/h4-12,21-22,32H,2-3,13-17,27H2,1H3,(H,28,33)(H,29,35)(H,30,36)(H,31,34)/t21-,22-/m0/s1. The van der Waals surface area contributed by atoms with Gasteiger partial charge in [-0.2, -0.15) is 0 Å². The van der Waals surface area contributed by atoms with Gasteiger partial charge in [-0.25, -0.2) is 0 Å². The second-order valence-electron chi connectivity index (χ2n) is 8.43. The molecule has 0 radical (unpaired) electrons. The first-order valence-electron chi connectivity index (χ1n) is 12.0. The van der Waals surface area contributed by atoms with Crippen molar-refractivity contribution in [2.45, 2.75) is 44.7 Å². The van der Waals surface area contributed by atoms with Gasteiger partial charge in [-0.1, -0.05) is 55.8 Å². The van der Waals surface area contributed by atoms with E-state index in [-0.39, 0.29) is 31.2 Å². The van der Waals surface area contributed by atoms with Gasteiger partial charge in [-0.05, 0) is 36.1 Å². The third-order valence-electron chi connectivity index (χ3n) is 5.36. The summed E-state index contributed by atoms with van der Waals surface area (Å²) in [5.74, 6) is -1.87. The Kier molecular flexibility index (Phi) is 11.9. The number of aromatic hydroxyl groups is 1. The summed E-state index contributed by atoms with van der Waals surface area (Å²) in [5.41, 5.74) is 7.53. The third kappa shape index (κ3) is 10.6. The van der Waals surface area contributed by atoms with Crippen LogP contribution in [-0.2, 0) is 32.0 Å². The number of carbonyl (C=O) groups is 4. The van der Waals surface area contributed by atoms with Crippen molar-refractivity contribution in [3.05, 3.63) is 65.7 Å². The number of carbonyl (C=O) groups excluding carboxylic acids is 4. The number of phenolic OH excluding ortho intramolecular Hbond substituents is 1. The maximum absolute atomic E-state index is 12.8. The molecule has 0 bridgehead atoms. The Morgan fingerprint density at radius 1 is 0.806 bits per heavy atom. The summed E-state index contributed by atoms with van der Waals surface area (Å²) in [6.45, 7) is 1.93. The Hall–Kier alpha value is -3.92. The molecule has 0 aliphatic heterocycles. The molecular formula is C26H35N5O5. The van der Waals surface area contributed by atoms with Gasteiger partial charge in [0.25, 0.3) is 0 Å². The van der Waals surface area contributed by atoms with Crippen LogP contribution in [0.5, 0.6) is 5.75 Å². The zero-order valence-electron chi connectivity index (χ0n) is 20.5. The lowest BCUT2D eigenvalue weighted by atomic mass is 10.0. The first kappa shape index (κ1) is 28.3. The summed E-state index contributed by atoms with van der Waals surface area (Å²) >= 11 is 0. The van der Waals surface area contributed by atoms with Crippen LogP contribution in [0.15, 0.2) is 54.6 Å². The highest BCUT2D eigenvalue weighted by Gasteiger charge is 2.23. The van der Waals surface area contributed by atoms with Crippen molar-refractivity contribution >= 4 is 23.6 Å². The van der Waals surface area contributed by atoms with E-state index in [1.165, 1.54) is 12.1 Å². The Bertz CT molecular complexity index is 998. The lowest BCUT2D eigenvalue weighted by Crippen LogP contribution is -2.53. The molecule has 0 aliphatic carbocycles. The molecule has 0 heterocycles. The topological polar surface area (TPSA) is 163 Å². The summed E-state index contributed by atoms with van der Waals surface area (Å²) in [6.07, 6.45) is 2.21. The number of benzene rings is 2. The monoisotopic (exact) mass is 497 g/mol. The van der Waals surface area contributed by atoms with Crippen LogP contribution in [0.3, 0.4) is 0 Å². The van der Waals surface area contributed by atoms with Crippen LogP contribution in [0, 0.1) is 0 Å². The van der Waals surface area contributed by atoms with Crippen molar-refractivity contribution in [1.82, 2.24) is 21.3 Å². The first-order valence-corrected chi connectivity index (χ1v) is 12.0. The van der Waals surface area contributed by atoms with Gasteiger partial charge in [0, 0.05) is 13.0 Å². The minimum atomic E-state index is -1.000. The molecule has 2 atom stereocenters. The van der Waals surface area contributed by atoms with E-state index in [0.29, 0.717) is 18.5 Å². The SMILES string of the molecule is CCCCNC(=O)CNC(=O)[C@H](Cc1ccc(O)cc1)NC(=O)CNC(=O)[C@@H](N)Cc1ccccc1. The zero-order valence-corrected chi connectivity index (χ0v) is 20.5. The predicted molar refractivity (Wildman–Crippen MR) is 136 cm³/mol. The number of hydrogen-bond donors (Lipinski definition) is 6. The van der Waals surface area contributed by atoms with Crippen LogP contribution in [0.25, 0.3) is 0 Å². The van der Waals surface area contributed by atoms with Crippen molar-refractivity contribution < 1.29 is 24.3 Å². The molecule has 0 unspecified atom stereocenters. The molecule has 4 amide bonds. The number of amides is 4. The molecule has 10 heteroatoms.